The number of anilines is 3. The van der Waals surface area contributed by atoms with Crippen LogP contribution in [0.3, 0.4) is 0 Å². The van der Waals surface area contributed by atoms with E-state index in [0.717, 1.165) is 21.4 Å². The smallest absolute Gasteiger partial charge is 0.255 e. The zero-order chi connectivity index (χ0) is 17.8. The lowest BCUT2D eigenvalue weighted by Gasteiger charge is -2.18. The molecule has 1 amide bonds. The highest BCUT2D eigenvalue weighted by Crippen LogP contribution is 2.23. The summed E-state index contributed by atoms with van der Waals surface area (Å²) in [5, 5.41) is 2.95. The predicted molar refractivity (Wildman–Crippen MR) is 106 cm³/mol. The fourth-order valence-electron chi connectivity index (χ4n) is 2.49. The quantitative estimate of drug-likeness (QED) is 0.662. The molecule has 0 bridgehead atoms. The maximum atomic E-state index is 12.6. The van der Waals surface area contributed by atoms with Crippen LogP contribution in [0.25, 0.3) is 0 Å². The SMILES string of the molecule is Cc1cc(Br)ccc1NC(=O)c1ccnc(N(C)c2ccccc2)c1. The lowest BCUT2D eigenvalue weighted by atomic mass is 10.2. The van der Waals surface area contributed by atoms with Gasteiger partial charge in [0.15, 0.2) is 0 Å². The first-order valence-corrected chi connectivity index (χ1v) is 8.66. The third-order valence-electron chi connectivity index (χ3n) is 3.93. The molecule has 0 radical (unpaired) electrons. The van der Waals surface area contributed by atoms with E-state index in [4.69, 9.17) is 0 Å². The van der Waals surface area contributed by atoms with E-state index < -0.39 is 0 Å². The maximum Gasteiger partial charge on any atom is 0.255 e. The second-order valence-corrected chi connectivity index (χ2v) is 6.63. The molecule has 0 aliphatic carbocycles. The van der Waals surface area contributed by atoms with Gasteiger partial charge < -0.3 is 10.2 Å². The summed E-state index contributed by atoms with van der Waals surface area (Å²) in [6.45, 7) is 1.96. The van der Waals surface area contributed by atoms with E-state index in [1.165, 1.54) is 0 Å². The molecule has 25 heavy (non-hydrogen) atoms. The molecule has 0 saturated carbocycles. The maximum absolute atomic E-state index is 12.6. The number of nitrogens with zero attached hydrogens (tertiary/aromatic N) is 2. The third-order valence-corrected chi connectivity index (χ3v) is 4.42. The summed E-state index contributed by atoms with van der Waals surface area (Å²) in [4.78, 5) is 18.9. The highest BCUT2D eigenvalue weighted by molar-refractivity contribution is 9.10. The molecule has 3 aromatic rings. The number of aryl methyl sites for hydroxylation is 1. The number of aromatic nitrogens is 1. The third kappa shape index (κ3) is 4.06. The Balaban J connectivity index is 1.82. The Morgan fingerprint density at radius 2 is 1.84 bits per heavy atom. The molecular formula is C20H18BrN3O. The van der Waals surface area contributed by atoms with E-state index in [2.05, 4.69) is 26.2 Å². The van der Waals surface area contributed by atoms with Gasteiger partial charge in [-0.2, -0.15) is 0 Å². The average molecular weight is 396 g/mol. The van der Waals surface area contributed by atoms with Crippen LogP contribution >= 0.6 is 15.9 Å². The van der Waals surface area contributed by atoms with Crippen molar-refractivity contribution in [2.45, 2.75) is 6.92 Å². The molecule has 0 fully saturated rings. The first kappa shape index (κ1) is 17.2. The van der Waals surface area contributed by atoms with Crippen molar-refractivity contribution in [1.29, 1.82) is 0 Å². The van der Waals surface area contributed by atoms with Crippen LogP contribution in [0.1, 0.15) is 15.9 Å². The second-order valence-electron chi connectivity index (χ2n) is 5.71. The van der Waals surface area contributed by atoms with Crippen LogP contribution in [-0.4, -0.2) is 17.9 Å². The monoisotopic (exact) mass is 395 g/mol. The number of hydrogen-bond acceptors (Lipinski definition) is 3. The minimum atomic E-state index is -0.157. The summed E-state index contributed by atoms with van der Waals surface area (Å²) in [5.74, 6) is 0.557. The van der Waals surface area contributed by atoms with Crippen molar-refractivity contribution in [2.75, 3.05) is 17.3 Å². The molecule has 1 heterocycles. The molecule has 4 nitrogen and oxygen atoms in total. The zero-order valence-corrected chi connectivity index (χ0v) is 15.6. The Bertz CT molecular complexity index is 896. The van der Waals surface area contributed by atoms with Gasteiger partial charge in [-0.15, -0.1) is 0 Å². The minimum absolute atomic E-state index is 0.157. The summed E-state index contributed by atoms with van der Waals surface area (Å²) in [7, 11) is 1.93. The van der Waals surface area contributed by atoms with Gasteiger partial charge in [0.05, 0.1) is 0 Å². The summed E-state index contributed by atoms with van der Waals surface area (Å²) in [6, 6.07) is 19.2. The van der Waals surface area contributed by atoms with E-state index in [1.807, 2.05) is 67.4 Å². The molecule has 3 rings (SSSR count). The topological polar surface area (TPSA) is 45.2 Å². The van der Waals surface area contributed by atoms with Gasteiger partial charge in [0.25, 0.3) is 5.91 Å². The molecular weight excluding hydrogens is 378 g/mol. The van der Waals surface area contributed by atoms with Gasteiger partial charge in [0.2, 0.25) is 0 Å². The van der Waals surface area contributed by atoms with Gasteiger partial charge in [-0.1, -0.05) is 34.1 Å². The van der Waals surface area contributed by atoms with Crippen molar-refractivity contribution in [3.63, 3.8) is 0 Å². The van der Waals surface area contributed by atoms with Crippen LogP contribution in [-0.2, 0) is 0 Å². The summed E-state index contributed by atoms with van der Waals surface area (Å²) in [6.07, 6.45) is 1.65. The van der Waals surface area contributed by atoms with Crippen molar-refractivity contribution in [3.8, 4) is 0 Å². The Kier molecular flexibility index (Phi) is 5.14. The normalized spacial score (nSPS) is 10.4. The number of carbonyl (C=O) groups excluding carboxylic acids is 1. The summed E-state index contributed by atoms with van der Waals surface area (Å²) in [5.41, 5.74) is 3.37. The Labute approximate surface area is 155 Å². The molecule has 5 heteroatoms. The van der Waals surface area contributed by atoms with E-state index >= 15 is 0 Å². The standard InChI is InChI=1S/C20H18BrN3O/c1-14-12-16(21)8-9-18(14)23-20(25)15-10-11-22-19(13-15)24(2)17-6-4-3-5-7-17/h3-13H,1-2H3,(H,23,25). The number of pyridine rings is 1. The average Bonchev–Trinajstić information content (AvgIpc) is 2.64. The van der Waals surface area contributed by atoms with Gasteiger partial charge in [-0.25, -0.2) is 4.98 Å². The van der Waals surface area contributed by atoms with Gasteiger partial charge in [-0.05, 0) is 55.0 Å². The van der Waals surface area contributed by atoms with Crippen LogP contribution in [0.5, 0.6) is 0 Å². The fourth-order valence-corrected chi connectivity index (χ4v) is 2.96. The number of nitrogens with one attached hydrogen (secondary N) is 1. The van der Waals surface area contributed by atoms with Crippen LogP contribution in [0, 0.1) is 6.92 Å². The molecule has 2 aromatic carbocycles. The molecule has 0 saturated heterocycles. The van der Waals surface area contributed by atoms with Crippen molar-refractivity contribution >= 4 is 39.0 Å². The van der Waals surface area contributed by atoms with Crippen molar-refractivity contribution in [1.82, 2.24) is 4.98 Å². The fraction of sp³-hybridized carbons (Fsp3) is 0.100. The zero-order valence-electron chi connectivity index (χ0n) is 14.0. The minimum Gasteiger partial charge on any atom is -0.329 e. The lowest BCUT2D eigenvalue weighted by molar-refractivity contribution is 0.102. The van der Waals surface area contributed by atoms with Gasteiger partial charge in [0, 0.05) is 34.7 Å². The Morgan fingerprint density at radius 3 is 2.56 bits per heavy atom. The van der Waals surface area contributed by atoms with E-state index in [9.17, 15) is 4.79 Å². The van der Waals surface area contributed by atoms with Crippen molar-refractivity contribution in [3.05, 3.63) is 82.5 Å². The van der Waals surface area contributed by atoms with E-state index in [0.29, 0.717) is 11.4 Å². The second kappa shape index (κ2) is 7.49. The number of benzene rings is 2. The first-order chi connectivity index (χ1) is 12.0. The number of halogens is 1. The summed E-state index contributed by atoms with van der Waals surface area (Å²) >= 11 is 3.43. The number of amides is 1. The van der Waals surface area contributed by atoms with Crippen LogP contribution in [0.2, 0.25) is 0 Å². The van der Waals surface area contributed by atoms with E-state index in [-0.39, 0.29) is 5.91 Å². The van der Waals surface area contributed by atoms with Crippen LogP contribution < -0.4 is 10.2 Å². The highest BCUT2D eigenvalue weighted by Gasteiger charge is 2.11. The molecule has 0 aliphatic heterocycles. The predicted octanol–water partition coefficient (Wildman–Crippen LogP) is 5.17. The highest BCUT2D eigenvalue weighted by atomic mass is 79.9. The lowest BCUT2D eigenvalue weighted by Crippen LogP contribution is -2.15. The van der Waals surface area contributed by atoms with Gasteiger partial charge in [0.1, 0.15) is 5.82 Å². The molecule has 0 spiro atoms. The number of rotatable bonds is 4. The Hall–Kier alpha value is -2.66. The molecule has 0 atom stereocenters. The van der Waals surface area contributed by atoms with Gasteiger partial charge in [-0.3, -0.25) is 4.79 Å². The summed E-state index contributed by atoms with van der Waals surface area (Å²) < 4.78 is 0.985. The van der Waals surface area contributed by atoms with Crippen LogP contribution in [0.4, 0.5) is 17.2 Å². The van der Waals surface area contributed by atoms with Gasteiger partial charge >= 0.3 is 0 Å². The molecule has 1 N–H and O–H groups in total. The van der Waals surface area contributed by atoms with Crippen molar-refractivity contribution < 1.29 is 4.79 Å². The molecule has 1 aromatic heterocycles. The molecule has 0 unspecified atom stereocenters. The number of para-hydroxylation sites is 1. The number of carbonyl (C=O) groups is 1. The first-order valence-electron chi connectivity index (χ1n) is 7.87. The van der Waals surface area contributed by atoms with Crippen LogP contribution in [0.15, 0.2) is 71.3 Å². The Morgan fingerprint density at radius 1 is 1.08 bits per heavy atom. The number of hydrogen-bond donors (Lipinski definition) is 1. The van der Waals surface area contributed by atoms with Crippen molar-refractivity contribution in [2.24, 2.45) is 0 Å². The molecule has 126 valence electrons. The molecule has 0 aliphatic rings. The largest absolute Gasteiger partial charge is 0.329 e. The van der Waals surface area contributed by atoms with E-state index in [1.54, 1.807) is 18.3 Å².